The average molecular weight is 314 g/mol. The highest BCUT2D eigenvalue weighted by molar-refractivity contribution is 7.41. The van der Waals surface area contributed by atoms with E-state index in [0.29, 0.717) is 11.5 Å². The zero-order valence-corrected chi connectivity index (χ0v) is 13.2. The fourth-order valence-electron chi connectivity index (χ4n) is 1.91. The second kappa shape index (κ2) is 8.38. The van der Waals surface area contributed by atoms with Gasteiger partial charge in [0.1, 0.15) is 11.5 Å². The van der Waals surface area contributed by atoms with Gasteiger partial charge in [-0.1, -0.05) is 36.4 Å². The summed E-state index contributed by atoms with van der Waals surface area (Å²) in [4.78, 5) is 9.89. The SMILES string of the molecule is C=CCc1ccc(OP(O)Oc2ccc(CC=C)cc2)cc1. The van der Waals surface area contributed by atoms with E-state index < -0.39 is 8.60 Å². The molecule has 3 nitrogen and oxygen atoms in total. The van der Waals surface area contributed by atoms with E-state index in [9.17, 15) is 4.89 Å². The molecule has 0 saturated heterocycles. The number of rotatable bonds is 8. The second-order valence-corrected chi connectivity index (χ2v) is 5.53. The minimum absolute atomic E-state index is 0.574. The fraction of sp³-hybridized carbons (Fsp3) is 0.111. The Morgan fingerprint density at radius 3 is 1.45 bits per heavy atom. The summed E-state index contributed by atoms with van der Waals surface area (Å²) in [6, 6.07) is 15.0. The van der Waals surface area contributed by atoms with Crippen molar-refractivity contribution in [3.8, 4) is 11.5 Å². The van der Waals surface area contributed by atoms with Crippen LogP contribution in [0.1, 0.15) is 11.1 Å². The summed E-state index contributed by atoms with van der Waals surface area (Å²) in [6.45, 7) is 7.40. The Hall–Kier alpha value is -2.09. The molecule has 22 heavy (non-hydrogen) atoms. The van der Waals surface area contributed by atoms with Gasteiger partial charge in [0.2, 0.25) is 0 Å². The zero-order valence-electron chi connectivity index (χ0n) is 12.3. The van der Waals surface area contributed by atoms with Gasteiger partial charge in [-0.15, -0.1) is 13.2 Å². The molecule has 0 aliphatic rings. The Morgan fingerprint density at radius 1 is 0.773 bits per heavy atom. The average Bonchev–Trinajstić information content (AvgIpc) is 2.52. The minimum Gasteiger partial charge on any atom is -0.418 e. The lowest BCUT2D eigenvalue weighted by Gasteiger charge is -2.12. The van der Waals surface area contributed by atoms with Crippen molar-refractivity contribution in [3.63, 3.8) is 0 Å². The first-order chi connectivity index (χ1) is 10.7. The van der Waals surface area contributed by atoms with E-state index in [1.807, 2.05) is 36.4 Å². The van der Waals surface area contributed by atoms with Gasteiger partial charge in [-0.2, -0.15) is 0 Å². The normalized spacial score (nSPS) is 10.3. The summed E-state index contributed by atoms with van der Waals surface area (Å²) in [6.07, 6.45) is 5.30. The van der Waals surface area contributed by atoms with Crippen LogP contribution in [0.5, 0.6) is 11.5 Å². The Balaban J connectivity index is 1.90. The van der Waals surface area contributed by atoms with Crippen LogP contribution in [0, 0.1) is 0 Å². The quantitative estimate of drug-likeness (QED) is 0.561. The monoisotopic (exact) mass is 314 g/mol. The number of allylic oxidation sites excluding steroid dienone is 2. The minimum atomic E-state index is -2.01. The molecule has 0 fully saturated rings. The van der Waals surface area contributed by atoms with Gasteiger partial charge in [0, 0.05) is 0 Å². The summed E-state index contributed by atoms with van der Waals surface area (Å²) in [5.41, 5.74) is 2.28. The maximum absolute atomic E-state index is 9.89. The molecule has 0 unspecified atom stereocenters. The predicted octanol–water partition coefficient (Wildman–Crippen LogP) is 4.82. The van der Waals surface area contributed by atoms with Crippen LogP contribution >= 0.6 is 8.60 Å². The van der Waals surface area contributed by atoms with Crippen LogP contribution in [0.3, 0.4) is 0 Å². The third-order valence-corrected chi connectivity index (χ3v) is 3.71. The molecule has 2 aromatic rings. The first-order valence-electron chi connectivity index (χ1n) is 6.96. The standard InChI is InChI=1S/C18H19O3P/c1-3-5-15-7-11-17(12-8-15)20-22(19)21-18-13-9-16(6-4-2)10-14-18/h3-4,7-14,19H,1-2,5-6H2. The highest BCUT2D eigenvalue weighted by Gasteiger charge is 2.11. The molecule has 0 aliphatic carbocycles. The highest BCUT2D eigenvalue weighted by atomic mass is 31.2. The van der Waals surface area contributed by atoms with Crippen molar-refractivity contribution in [2.75, 3.05) is 0 Å². The first kappa shape index (κ1) is 16.3. The molecule has 0 aliphatic heterocycles. The van der Waals surface area contributed by atoms with Crippen molar-refractivity contribution in [1.29, 1.82) is 0 Å². The molecule has 0 radical (unpaired) electrons. The smallest absolute Gasteiger partial charge is 0.418 e. The topological polar surface area (TPSA) is 38.7 Å². The first-order valence-corrected chi connectivity index (χ1v) is 8.09. The van der Waals surface area contributed by atoms with Crippen molar-refractivity contribution in [1.82, 2.24) is 0 Å². The van der Waals surface area contributed by atoms with Crippen LogP contribution in [0.2, 0.25) is 0 Å². The van der Waals surface area contributed by atoms with Gasteiger partial charge in [0.05, 0.1) is 0 Å². The van der Waals surface area contributed by atoms with Crippen LogP contribution in [0.4, 0.5) is 0 Å². The zero-order chi connectivity index (χ0) is 15.8. The molecule has 0 bridgehead atoms. The van der Waals surface area contributed by atoms with Gasteiger partial charge in [-0.05, 0) is 48.2 Å². The Bertz CT molecular complexity index is 550. The van der Waals surface area contributed by atoms with Crippen molar-refractivity contribution in [2.45, 2.75) is 12.8 Å². The summed E-state index contributed by atoms with van der Waals surface area (Å²) >= 11 is 0. The summed E-state index contributed by atoms with van der Waals surface area (Å²) in [5.74, 6) is 1.15. The molecule has 0 spiro atoms. The van der Waals surface area contributed by atoms with E-state index in [1.165, 1.54) is 0 Å². The van der Waals surface area contributed by atoms with Crippen molar-refractivity contribution >= 4 is 8.60 Å². The lowest BCUT2D eigenvalue weighted by molar-refractivity contribution is 0.381. The number of benzene rings is 2. The molecule has 2 rings (SSSR count). The molecule has 1 N–H and O–H groups in total. The summed E-state index contributed by atoms with van der Waals surface area (Å²) < 4.78 is 10.8. The molecular weight excluding hydrogens is 295 g/mol. The molecule has 4 heteroatoms. The van der Waals surface area contributed by atoms with Crippen LogP contribution in [-0.4, -0.2) is 4.89 Å². The largest absolute Gasteiger partial charge is 0.460 e. The van der Waals surface area contributed by atoms with E-state index in [2.05, 4.69) is 13.2 Å². The Labute approximate surface area is 132 Å². The lowest BCUT2D eigenvalue weighted by atomic mass is 10.1. The number of hydrogen-bond acceptors (Lipinski definition) is 3. The highest BCUT2D eigenvalue weighted by Crippen LogP contribution is 2.36. The van der Waals surface area contributed by atoms with E-state index in [4.69, 9.17) is 9.05 Å². The Morgan fingerprint density at radius 2 is 1.14 bits per heavy atom. The molecule has 0 heterocycles. The van der Waals surface area contributed by atoms with E-state index in [0.717, 1.165) is 24.0 Å². The van der Waals surface area contributed by atoms with Gasteiger partial charge in [0.25, 0.3) is 0 Å². The molecule has 2 aromatic carbocycles. The van der Waals surface area contributed by atoms with Crippen LogP contribution in [0.25, 0.3) is 0 Å². The van der Waals surface area contributed by atoms with E-state index >= 15 is 0 Å². The lowest BCUT2D eigenvalue weighted by Crippen LogP contribution is -1.95. The molecular formula is C18H19O3P. The number of hydrogen-bond donors (Lipinski definition) is 1. The third kappa shape index (κ3) is 5.03. The van der Waals surface area contributed by atoms with Gasteiger partial charge in [0.15, 0.2) is 0 Å². The predicted molar refractivity (Wildman–Crippen MR) is 91.1 cm³/mol. The van der Waals surface area contributed by atoms with E-state index in [1.54, 1.807) is 24.3 Å². The van der Waals surface area contributed by atoms with Crippen LogP contribution in [-0.2, 0) is 12.8 Å². The maximum atomic E-state index is 9.89. The van der Waals surface area contributed by atoms with Gasteiger partial charge in [-0.25, -0.2) is 0 Å². The third-order valence-electron chi connectivity index (χ3n) is 2.97. The van der Waals surface area contributed by atoms with Crippen LogP contribution in [0.15, 0.2) is 73.8 Å². The van der Waals surface area contributed by atoms with Crippen LogP contribution < -0.4 is 9.05 Å². The molecule has 0 aromatic heterocycles. The fourth-order valence-corrected chi connectivity index (χ4v) is 2.55. The Kier molecular flexibility index (Phi) is 6.20. The van der Waals surface area contributed by atoms with Gasteiger partial charge in [-0.3, -0.25) is 0 Å². The van der Waals surface area contributed by atoms with Crippen molar-refractivity contribution < 1.29 is 13.9 Å². The van der Waals surface area contributed by atoms with Crippen molar-refractivity contribution in [2.24, 2.45) is 0 Å². The molecule has 0 amide bonds. The molecule has 0 atom stereocenters. The summed E-state index contributed by atoms with van der Waals surface area (Å²) in [7, 11) is -2.01. The van der Waals surface area contributed by atoms with E-state index in [-0.39, 0.29) is 0 Å². The van der Waals surface area contributed by atoms with Crippen molar-refractivity contribution in [3.05, 3.63) is 85.0 Å². The molecule has 114 valence electrons. The molecule has 0 saturated carbocycles. The maximum Gasteiger partial charge on any atom is 0.460 e. The summed E-state index contributed by atoms with van der Waals surface area (Å²) in [5, 5.41) is 0. The van der Waals surface area contributed by atoms with Gasteiger partial charge < -0.3 is 13.9 Å². The van der Waals surface area contributed by atoms with Gasteiger partial charge >= 0.3 is 8.60 Å². The second-order valence-electron chi connectivity index (χ2n) is 4.69.